The Labute approximate surface area is 195 Å². The maximum atomic E-state index is 13.0. The Morgan fingerprint density at radius 2 is 1.41 bits per heavy atom. The minimum atomic E-state index is -1.69. The molecule has 0 saturated heterocycles. The van der Waals surface area contributed by atoms with Crippen molar-refractivity contribution in [3.63, 3.8) is 0 Å². The molecule has 0 aliphatic heterocycles. The number of amides is 3. The molecule has 3 unspecified atom stereocenters. The molecule has 0 bridgehead atoms. The predicted molar refractivity (Wildman–Crippen MR) is 119 cm³/mol. The predicted octanol–water partition coefficient (Wildman–Crippen LogP) is -1.96. The number of hydrogen-bond donors (Lipinski definition) is 8. The Kier molecular flexibility index (Phi) is 12.0. The molecule has 0 radical (unpaired) electrons. The zero-order chi connectivity index (χ0) is 25.7. The summed E-state index contributed by atoms with van der Waals surface area (Å²) >= 11 is 0. The lowest BCUT2D eigenvalue weighted by molar-refractivity contribution is -0.147. The number of nitrogens with two attached hydrogens (primary N) is 2. The van der Waals surface area contributed by atoms with E-state index in [1.165, 1.54) is 12.1 Å². The summed E-state index contributed by atoms with van der Waals surface area (Å²) in [7, 11) is 0. The molecule has 1 rings (SSSR count). The second-order valence-corrected chi connectivity index (χ2v) is 7.54. The summed E-state index contributed by atoms with van der Waals surface area (Å²) in [6.45, 7) is -0.0513. The number of phenolic OH excluding ortho intramolecular Hbond substituents is 1. The number of benzene rings is 1. The van der Waals surface area contributed by atoms with Crippen LogP contribution in [0.4, 0.5) is 0 Å². The van der Waals surface area contributed by atoms with Crippen LogP contribution in [0, 0.1) is 0 Å². The maximum Gasteiger partial charge on any atom is 0.326 e. The molecule has 1 aromatic carbocycles. The minimum absolute atomic E-state index is 0.0155. The molecule has 0 fully saturated rings. The van der Waals surface area contributed by atoms with E-state index in [1.54, 1.807) is 12.1 Å². The molecule has 13 nitrogen and oxygen atoms in total. The van der Waals surface area contributed by atoms with Crippen LogP contribution >= 0.6 is 0 Å². The fourth-order valence-corrected chi connectivity index (χ4v) is 3.01. The van der Waals surface area contributed by atoms with Gasteiger partial charge in [0.15, 0.2) is 0 Å². The van der Waals surface area contributed by atoms with Crippen molar-refractivity contribution in [3.8, 4) is 5.75 Å². The number of carbonyl (C=O) groups is 5. The van der Waals surface area contributed by atoms with E-state index in [2.05, 4.69) is 16.0 Å². The van der Waals surface area contributed by atoms with Gasteiger partial charge in [0.05, 0.1) is 13.0 Å². The summed E-state index contributed by atoms with van der Waals surface area (Å²) in [6.07, 6.45) is 0.221. The van der Waals surface area contributed by atoms with Crippen molar-refractivity contribution in [2.24, 2.45) is 11.5 Å². The average molecular weight is 482 g/mol. The summed E-state index contributed by atoms with van der Waals surface area (Å²) in [4.78, 5) is 59.8. The quantitative estimate of drug-likeness (QED) is 0.129. The van der Waals surface area contributed by atoms with Crippen LogP contribution < -0.4 is 27.4 Å². The molecule has 10 N–H and O–H groups in total. The number of aromatic hydroxyl groups is 1. The second kappa shape index (κ2) is 14.4. The Morgan fingerprint density at radius 3 is 1.94 bits per heavy atom. The van der Waals surface area contributed by atoms with Gasteiger partial charge in [-0.15, -0.1) is 0 Å². The van der Waals surface area contributed by atoms with Crippen molar-refractivity contribution in [1.82, 2.24) is 16.0 Å². The fourth-order valence-electron chi connectivity index (χ4n) is 3.01. The van der Waals surface area contributed by atoms with E-state index >= 15 is 0 Å². The van der Waals surface area contributed by atoms with Crippen LogP contribution in [0.5, 0.6) is 5.75 Å². The van der Waals surface area contributed by atoms with E-state index in [4.69, 9.17) is 16.6 Å². The monoisotopic (exact) mass is 481 g/mol. The first-order valence-corrected chi connectivity index (χ1v) is 10.6. The van der Waals surface area contributed by atoms with Crippen molar-refractivity contribution in [2.45, 2.75) is 50.2 Å². The van der Waals surface area contributed by atoms with Gasteiger partial charge in [-0.25, -0.2) is 4.79 Å². The Bertz CT molecular complexity index is 861. The number of rotatable bonds is 15. The van der Waals surface area contributed by atoms with Gasteiger partial charge in [-0.1, -0.05) is 12.1 Å². The zero-order valence-electron chi connectivity index (χ0n) is 18.5. The molecule has 0 saturated carbocycles. The molecule has 0 aromatic heterocycles. The molecule has 0 heterocycles. The highest BCUT2D eigenvalue weighted by molar-refractivity contribution is 5.94. The molecule has 13 heteroatoms. The number of carboxylic acid groups (broad SMARTS) is 2. The number of hydrogen-bond acceptors (Lipinski definition) is 8. The van der Waals surface area contributed by atoms with Gasteiger partial charge in [0.25, 0.3) is 0 Å². The number of carbonyl (C=O) groups excluding carboxylic acids is 3. The van der Waals surface area contributed by atoms with Gasteiger partial charge in [0.2, 0.25) is 17.7 Å². The van der Waals surface area contributed by atoms with Crippen molar-refractivity contribution in [1.29, 1.82) is 0 Å². The number of carboxylic acids is 2. The van der Waals surface area contributed by atoms with E-state index in [-0.39, 0.29) is 25.1 Å². The highest BCUT2D eigenvalue weighted by atomic mass is 16.4. The lowest BCUT2D eigenvalue weighted by atomic mass is 10.0. The van der Waals surface area contributed by atoms with E-state index in [9.17, 15) is 34.2 Å². The van der Waals surface area contributed by atoms with Gasteiger partial charge >= 0.3 is 11.9 Å². The fraction of sp³-hybridized carbons (Fsp3) is 0.476. The van der Waals surface area contributed by atoms with Gasteiger partial charge in [-0.2, -0.15) is 0 Å². The molecular formula is C21H31N5O8. The van der Waals surface area contributed by atoms with Crippen LogP contribution in [-0.2, 0) is 30.4 Å². The average Bonchev–Trinajstić information content (AvgIpc) is 2.78. The minimum Gasteiger partial charge on any atom is -0.508 e. The molecule has 188 valence electrons. The van der Waals surface area contributed by atoms with E-state index < -0.39 is 54.2 Å². The molecule has 1 aromatic rings. The summed E-state index contributed by atoms with van der Waals surface area (Å²) in [5.41, 5.74) is 11.4. The second-order valence-electron chi connectivity index (χ2n) is 7.54. The van der Waals surface area contributed by atoms with Gasteiger partial charge in [0.1, 0.15) is 23.9 Å². The summed E-state index contributed by atoms with van der Waals surface area (Å²) in [6, 6.07) is 1.91. The third kappa shape index (κ3) is 10.3. The molecule has 34 heavy (non-hydrogen) atoms. The maximum absolute atomic E-state index is 13.0. The Balaban J connectivity index is 3.04. The van der Waals surface area contributed by atoms with Crippen LogP contribution in [0.3, 0.4) is 0 Å². The lowest BCUT2D eigenvalue weighted by Crippen LogP contribution is -2.56. The summed E-state index contributed by atoms with van der Waals surface area (Å²) < 4.78 is 0. The Hall–Kier alpha value is -3.71. The van der Waals surface area contributed by atoms with Gasteiger partial charge < -0.3 is 42.7 Å². The largest absolute Gasteiger partial charge is 0.508 e. The highest BCUT2D eigenvalue weighted by Gasteiger charge is 2.30. The topological polar surface area (TPSA) is 234 Å². The number of unbranched alkanes of at least 4 members (excludes halogenated alkanes) is 1. The number of phenols is 1. The van der Waals surface area contributed by atoms with E-state index in [1.807, 2.05) is 0 Å². The molecule has 0 spiro atoms. The molecular weight excluding hydrogens is 450 g/mol. The molecule has 3 amide bonds. The first-order valence-electron chi connectivity index (χ1n) is 10.6. The number of aliphatic carboxylic acids is 2. The molecule has 0 aliphatic carbocycles. The smallest absolute Gasteiger partial charge is 0.326 e. The third-order valence-electron chi connectivity index (χ3n) is 4.79. The first kappa shape index (κ1) is 28.3. The van der Waals surface area contributed by atoms with E-state index in [0.717, 1.165) is 0 Å². The first-order chi connectivity index (χ1) is 16.1. The van der Waals surface area contributed by atoms with Crippen molar-refractivity contribution in [2.75, 3.05) is 13.1 Å². The lowest BCUT2D eigenvalue weighted by Gasteiger charge is -2.24. The van der Waals surface area contributed by atoms with Crippen LogP contribution in [0.2, 0.25) is 0 Å². The highest BCUT2D eigenvalue weighted by Crippen LogP contribution is 2.12. The third-order valence-corrected chi connectivity index (χ3v) is 4.79. The van der Waals surface area contributed by atoms with Gasteiger partial charge in [-0.05, 0) is 43.5 Å². The Morgan fingerprint density at radius 1 is 0.824 bits per heavy atom. The van der Waals surface area contributed by atoms with Crippen molar-refractivity contribution < 1.29 is 39.3 Å². The van der Waals surface area contributed by atoms with Gasteiger partial charge in [-0.3, -0.25) is 19.2 Å². The molecule has 3 atom stereocenters. The van der Waals surface area contributed by atoms with Crippen LogP contribution in [0.15, 0.2) is 24.3 Å². The summed E-state index contributed by atoms with van der Waals surface area (Å²) in [5.74, 6) is -5.17. The summed E-state index contributed by atoms with van der Waals surface area (Å²) in [5, 5.41) is 34.6. The number of nitrogens with one attached hydrogen (secondary N) is 3. The SMILES string of the molecule is NCCCCC(NC(=O)C(Cc1ccc(O)cc1)NC(=O)CN)C(=O)NC(CC(=O)O)C(=O)O. The van der Waals surface area contributed by atoms with Crippen molar-refractivity contribution >= 4 is 29.7 Å². The van der Waals surface area contributed by atoms with E-state index in [0.29, 0.717) is 24.9 Å². The van der Waals surface area contributed by atoms with Crippen LogP contribution in [-0.4, -0.2) is 76.2 Å². The van der Waals surface area contributed by atoms with Gasteiger partial charge in [0, 0.05) is 6.42 Å². The van der Waals surface area contributed by atoms with Crippen LogP contribution in [0.25, 0.3) is 0 Å². The molecule has 0 aliphatic rings. The standard InChI is InChI=1S/C21H31N5O8/c22-8-2-1-3-14(19(31)26-16(21(33)34)10-18(29)30)25-20(32)15(24-17(28)11-23)9-12-4-6-13(27)7-5-12/h4-7,14-16,27H,1-3,8-11,22-23H2,(H,24,28)(H,25,32)(H,26,31)(H,29,30)(H,33,34). The normalized spacial score (nSPS) is 13.2. The van der Waals surface area contributed by atoms with Crippen LogP contribution in [0.1, 0.15) is 31.2 Å². The van der Waals surface area contributed by atoms with Crippen molar-refractivity contribution in [3.05, 3.63) is 29.8 Å². The zero-order valence-corrected chi connectivity index (χ0v) is 18.5.